The first-order chi connectivity index (χ1) is 10.6. The summed E-state index contributed by atoms with van der Waals surface area (Å²) in [6.07, 6.45) is 6.12. The number of aliphatic imine (C=N–C) groups is 1. The highest BCUT2D eigenvalue weighted by Gasteiger charge is 2.33. The first-order valence-corrected chi connectivity index (χ1v) is 8.08. The Balaban J connectivity index is 0.00000484. The van der Waals surface area contributed by atoms with E-state index in [1.54, 1.807) is 14.2 Å². The number of ether oxygens (including phenoxy) is 2. The summed E-state index contributed by atoms with van der Waals surface area (Å²) in [5.41, 5.74) is 0.307. The van der Waals surface area contributed by atoms with Crippen molar-refractivity contribution in [3.8, 4) is 0 Å². The highest BCUT2D eigenvalue weighted by Crippen LogP contribution is 2.40. The molecule has 1 aliphatic carbocycles. The van der Waals surface area contributed by atoms with Crippen molar-refractivity contribution in [1.29, 1.82) is 0 Å². The number of guanidine groups is 1. The quantitative estimate of drug-likeness (QED) is 0.262. The van der Waals surface area contributed by atoms with Crippen LogP contribution in [-0.4, -0.2) is 52.9 Å². The number of methoxy groups -OCH3 is 2. The molecule has 1 rings (SSSR count). The molecule has 1 aliphatic rings. The van der Waals surface area contributed by atoms with Crippen molar-refractivity contribution in [1.82, 2.24) is 10.6 Å². The second-order valence-corrected chi connectivity index (χ2v) is 6.18. The molecule has 136 valence electrons. The van der Waals surface area contributed by atoms with Gasteiger partial charge in [0.15, 0.2) is 5.96 Å². The minimum absolute atomic E-state index is 0. The summed E-state index contributed by atoms with van der Waals surface area (Å²) in [6, 6.07) is 0. The smallest absolute Gasteiger partial charge is 0.310 e. The SMILES string of the molecule is CN=C(NCC(C)C(=O)OC)NCC1(CCOC)CCCC1.I. The van der Waals surface area contributed by atoms with E-state index in [1.807, 2.05) is 6.92 Å². The van der Waals surface area contributed by atoms with Gasteiger partial charge in [0.1, 0.15) is 0 Å². The molecule has 2 N–H and O–H groups in total. The van der Waals surface area contributed by atoms with E-state index in [-0.39, 0.29) is 35.9 Å². The molecule has 0 spiro atoms. The summed E-state index contributed by atoms with van der Waals surface area (Å²) in [5, 5.41) is 6.59. The average molecular weight is 441 g/mol. The monoisotopic (exact) mass is 441 g/mol. The van der Waals surface area contributed by atoms with E-state index in [9.17, 15) is 4.79 Å². The molecular formula is C16H32IN3O3. The fourth-order valence-electron chi connectivity index (χ4n) is 2.98. The van der Waals surface area contributed by atoms with Crippen LogP contribution >= 0.6 is 24.0 Å². The Kier molecular flexibility index (Phi) is 11.6. The molecule has 0 bridgehead atoms. The van der Waals surface area contributed by atoms with Crippen molar-refractivity contribution < 1.29 is 14.3 Å². The van der Waals surface area contributed by atoms with Crippen molar-refractivity contribution in [2.45, 2.75) is 39.0 Å². The van der Waals surface area contributed by atoms with E-state index in [1.165, 1.54) is 32.8 Å². The number of halogens is 1. The third-order valence-corrected chi connectivity index (χ3v) is 4.53. The van der Waals surface area contributed by atoms with Gasteiger partial charge in [0.25, 0.3) is 0 Å². The molecule has 0 radical (unpaired) electrons. The fraction of sp³-hybridized carbons (Fsp3) is 0.875. The van der Waals surface area contributed by atoms with Crippen LogP contribution in [0.3, 0.4) is 0 Å². The molecule has 0 aliphatic heterocycles. The molecule has 1 fully saturated rings. The van der Waals surface area contributed by atoms with E-state index in [0.717, 1.165) is 25.5 Å². The average Bonchev–Trinajstić information content (AvgIpc) is 3.01. The minimum Gasteiger partial charge on any atom is -0.469 e. The van der Waals surface area contributed by atoms with E-state index in [4.69, 9.17) is 9.47 Å². The predicted molar refractivity (Wildman–Crippen MR) is 103 cm³/mol. The van der Waals surface area contributed by atoms with Crippen molar-refractivity contribution in [3.63, 3.8) is 0 Å². The van der Waals surface area contributed by atoms with Gasteiger partial charge in [-0.05, 0) is 24.7 Å². The molecule has 0 aromatic carbocycles. The molecular weight excluding hydrogens is 409 g/mol. The molecule has 6 nitrogen and oxygen atoms in total. The molecule has 1 saturated carbocycles. The fourth-order valence-corrected chi connectivity index (χ4v) is 2.98. The Bertz CT molecular complexity index is 372. The normalized spacial score (nSPS) is 18.0. The third-order valence-electron chi connectivity index (χ3n) is 4.53. The highest BCUT2D eigenvalue weighted by molar-refractivity contribution is 14.0. The Morgan fingerprint density at radius 2 is 1.91 bits per heavy atom. The van der Waals surface area contributed by atoms with Crippen LogP contribution in [0, 0.1) is 11.3 Å². The maximum absolute atomic E-state index is 11.4. The van der Waals surface area contributed by atoms with Gasteiger partial charge in [0.2, 0.25) is 0 Å². The summed E-state index contributed by atoms with van der Waals surface area (Å²) >= 11 is 0. The molecule has 0 aromatic rings. The first-order valence-electron chi connectivity index (χ1n) is 8.08. The van der Waals surface area contributed by atoms with Crippen molar-refractivity contribution >= 4 is 35.9 Å². The molecule has 0 amide bonds. The number of esters is 1. The number of carbonyl (C=O) groups is 1. The zero-order chi connectivity index (χ0) is 16.4. The van der Waals surface area contributed by atoms with Crippen LogP contribution in [0.5, 0.6) is 0 Å². The number of rotatable bonds is 8. The zero-order valence-electron chi connectivity index (χ0n) is 14.8. The lowest BCUT2D eigenvalue weighted by Gasteiger charge is -2.30. The summed E-state index contributed by atoms with van der Waals surface area (Å²) in [5.74, 6) is 0.326. The van der Waals surface area contributed by atoms with Crippen molar-refractivity contribution in [2.24, 2.45) is 16.3 Å². The van der Waals surface area contributed by atoms with Crippen molar-refractivity contribution in [3.05, 3.63) is 0 Å². The van der Waals surface area contributed by atoms with E-state index in [2.05, 4.69) is 15.6 Å². The van der Waals surface area contributed by atoms with Crippen LogP contribution in [0.1, 0.15) is 39.0 Å². The lowest BCUT2D eigenvalue weighted by Crippen LogP contribution is -2.45. The van der Waals surface area contributed by atoms with Crippen LogP contribution in [0.4, 0.5) is 0 Å². The standard InChI is InChI=1S/C16H31N3O3.HI/c1-13(14(20)22-4)11-18-15(17-2)19-12-16(9-10-21-3)7-5-6-8-16;/h13H,5-12H2,1-4H3,(H2,17,18,19);1H. The molecule has 7 heteroatoms. The van der Waals surface area contributed by atoms with Gasteiger partial charge in [-0.1, -0.05) is 19.8 Å². The largest absolute Gasteiger partial charge is 0.469 e. The summed E-state index contributed by atoms with van der Waals surface area (Å²) in [6.45, 7) is 4.04. The van der Waals surface area contributed by atoms with Crippen LogP contribution < -0.4 is 10.6 Å². The van der Waals surface area contributed by atoms with Crippen LogP contribution in [0.15, 0.2) is 4.99 Å². The summed E-state index contributed by atoms with van der Waals surface area (Å²) in [4.78, 5) is 15.6. The van der Waals surface area contributed by atoms with Gasteiger partial charge in [0.05, 0.1) is 13.0 Å². The van der Waals surface area contributed by atoms with Gasteiger partial charge < -0.3 is 20.1 Å². The summed E-state index contributed by atoms with van der Waals surface area (Å²) < 4.78 is 9.98. The van der Waals surface area contributed by atoms with Gasteiger partial charge in [-0.25, -0.2) is 0 Å². The minimum atomic E-state index is -0.213. The van der Waals surface area contributed by atoms with E-state index >= 15 is 0 Å². The summed E-state index contributed by atoms with van der Waals surface area (Å²) in [7, 11) is 4.91. The van der Waals surface area contributed by atoms with Crippen molar-refractivity contribution in [2.75, 3.05) is 41.0 Å². The molecule has 1 atom stereocenters. The topological polar surface area (TPSA) is 72.0 Å². The van der Waals surface area contributed by atoms with Crippen LogP contribution in [0.2, 0.25) is 0 Å². The van der Waals surface area contributed by atoms with Gasteiger partial charge in [-0.15, -0.1) is 24.0 Å². The Morgan fingerprint density at radius 3 is 2.43 bits per heavy atom. The Morgan fingerprint density at radius 1 is 1.26 bits per heavy atom. The second-order valence-electron chi connectivity index (χ2n) is 6.18. The number of nitrogens with one attached hydrogen (secondary N) is 2. The number of nitrogens with zero attached hydrogens (tertiary/aromatic N) is 1. The maximum Gasteiger partial charge on any atom is 0.310 e. The lowest BCUT2D eigenvalue weighted by molar-refractivity contribution is -0.144. The van der Waals surface area contributed by atoms with Gasteiger partial charge in [-0.2, -0.15) is 0 Å². The Labute approximate surface area is 157 Å². The van der Waals surface area contributed by atoms with Crippen LogP contribution in [-0.2, 0) is 14.3 Å². The highest BCUT2D eigenvalue weighted by atomic mass is 127. The molecule has 0 saturated heterocycles. The van der Waals surface area contributed by atoms with Gasteiger partial charge in [0, 0.05) is 33.9 Å². The number of hydrogen-bond donors (Lipinski definition) is 2. The molecule has 1 unspecified atom stereocenters. The molecule has 23 heavy (non-hydrogen) atoms. The van der Waals surface area contributed by atoms with E-state index < -0.39 is 0 Å². The van der Waals surface area contributed by atoms with Crippen LogP contribution in [0.25, 0.3) is 0 Å². The van der Waals surface area contributed by atoms with Gasteiger partial charge in [-0.3, -0.25) is 9.79 Å². The molecule has 0 heterocycles. The third kappa shape index (κ3) is 7.69. The second kappa shape index (κ2) is 11.9. The lowest BCUT2D eigenvalue weighted by atomic mass is 9.83. The predicted octanol–water partition coefficient (Wildman–Crippen LogP) is 2.18. The zero-order valence-corrected chi connectivity index (χ0v) is 17.1. The van der Waals surface area contributed by atoms with Gasteiger partial charge >= 0.3 is 5.97 Å². The molecule has 0 aromatic heterocycles. The first kappa shape index (κ1) is 22.4. The Hall–Kier alpha value is -0.570. The number of hydrogen-bond acceptors (Lipinski definition) is 4. The maximum atomic E-state index is 11.4. The van der Waals surface area contributed by atoms with E-state index in [0.29, 0.717) is 12.0 Å². The number of carbonyl (C=O) groups excluding carboxylic acids is 1.